The number of benzene rings is 1. The zero-order valence-corrected chi connectivity index (χ0v) is 14.3. The number of hydrogen-bond donors (Lipinski definition) is 1. The van der Waals surface area contributed by atoms with Crippen molar-refractivity contribution in [3.63, 3.8) is 0 Å². The minimum absolute atomic E-state index is 0. The van der Waals surface area contributed by atoms with Gasteiger partial charge in [0.2, 0.25) is 5.91 Å². The monoisotopic (exact) mass is 355 g/mol. The predicted octanol–water partition coefficient (Wildman–Crippen LogP) is 2.61. The van der Waals surface area contributed by atoms with Crippen molar-refractivity contribution in [3.8, 4) is 0 Å². The maximum Gasteiger partial charge on any atom is 0.227 e. The van der Waals surface area contributed by atoms with Crippen LogP contribution in [0.4, 0.5) is 4.39 Å². The summed E-state index contributed by atoms with van der Waals surface area (Å²) in [6.45, 7) is 3.31. The molecule has 0 unspecified atom stereocenters. The highest BCUT2D eigenvalue weighted by atomic mass is 35.5. The molecule has 0 aliphatic carbocycles. The van der Waals surface area contributed by atoms with Crippen LogP contribution in [0.5, 0.6) is 0 Å². The van der Waals surface area contributed by atoms with E-state index in [1.54, 1.807) is 6.07 Å². The second kappa shape index (κ2) is 6.71. The lowest BCUT2D eigenvalue weighted by Crippen LogP contribution is -2.57. The fourth-order valence-corrected chi connectivity index (χ4v) is 4.54. The number of aromatic nitrogens is 1. The second-order valence-electron chi connectivity index (χ2n) is 6.21. The van der Waals surface area contributed by atoms with Crippen molar-refractivity contribution < 1.29 is 9.18 Å². The van der Waals surface area contributed by atoms with Crippen LogP contribution in [0.2, 0.25) is 0 Å². The molecule has 1 amide bonds. The molecule has 5 rings (SSSR count). The minimum Gasteiger partial charge on any atom is -0.351 e. The predicted molar refractivity (Wildman–Crippen MR) is 91.6 cm³/mol. The van der Waals surface area contributed by atoms with Gasteiger partial charge in [-0.3, -0.25) is 4.79 Å². The highest BCUT2D eigenvalue weighted by Gasteiger charge is 2.34. The van der Waals surface area contributed by atoms with Crippen LogP contribution in [0.3, 0.4) is 0 Å². The Morgan fingerprint density at radius 1 is 1.39 bits per heavy atom. The van der Waals surface area contributed by atoms with Gasteiger partial charge >= 0.3 is 0 Å². The van der Waals surface area contributed by atoms with Crippen molar-refractivity contribution >= 4 is 39.9 Å². The number of carbonyl (C=O) groups is 1. The Balaban J connectivity index is 0.00000156. The van der Waals surface area contributed by atoms with Gasteiger partial charge in [-0.1, -0.05) is 0 Å². The number of piperidine rings is 3. The zero-order valence-electron chi connectivity index (χ0n) is 12.6. The van der Waals surface area contributed by atoms with Gasteiger partial charge < -0.3 is 10.2 Å². The summed E-state index contributed by atoms with van der Waals surface area (Å²) < 4.78 is 14.0. The molecule has 0 saturated carbocycles. The molecule has 4 nitrogen and oxygen atoms in total. The van der Waals surface area contributed by atoms with E-state index in [-0.39, 0.29) is 36.6 Å². The smallest absolute Gasteiger partial charge is 0.227 e. The molecule has 0 spiro atoms. The van der Waals surface area contributed by atoms with Gasteiger partial charge in [-0.15, -0.1) is 23.7 Å². The van der Waals surface area contributed by atoms with E-state index in [0.717, 1.165) is 21.8 Å². The average molecular weight is 356 g/mol. The molecule has 1 aromatic carbocycles. The van der Waals surface area contributed by atoms with Crippen molar-refractivity contribution in [2.75, 3.05) is 19.6 Å². The summed E-state index contributed by atoms with van der Waals surface area (Å²) >= 11 is 1.39. The molecule has 3 aliphatic heterocycles. The first-order valence-electron chi connectivity index (χ1n) is 7.74. The number of hydrogen-bond acceptors (Lipinski definition) is 4. The summed E-state index contributed by atoms with van der Waals surface area (Å²) in [5, 5.41) is 3.92. The Kier molecular flexibility index (Phi) is 4.85. The highest BCUT2D eigenvalue weighted by molar-refractivity contribution is 7.18. The molecular formula is C16H19ClFN3OS. The molecule has 2 bridgehead atoms. The highest BCUT2D eigenvalue weighted by Crippen LogP contribution is 2.28. The summed E-state index contributed by atoms with van der Waals surface area (Å²) in [7, 11) is 0. The maximum atomic E-state index is 13.2. The van der Waals surface area contributed by atoms with Crippen LogP contribution in [0, 0.1) is 11.7 Å². The van der Waals surface area contributed by atoms with Gasteiger partial charge in [0.15, 0.2) is 0 Å². The first-order valence-corrected chi connectivity index (χ1v) is 8.56. The SMILES string of the molecule is Cl.O=C(Cc1nc2ccc(F)cc2s1)N[C@H]1CN2CCC1CC2. The molecule has 1 N–H and O–H groups in total. The molecular weight excluding hydrogens is 337 g/mol. The van der Waals surface area contributed by atoms with E-state index in [1.807, 2.05) is 0 Å². The number of amides is 1. The first-order chi connectivity index (χ1) is 10.7. The number of nitrogens with one attached hydrogen (secondary N) is 1. The van der Waals surface area contributed by atoms with Crippen molar-refractivity contribution in [1.82, 2.24) is 15.2 Å². The van der Waals surface area contributed by atoms with Crippen molar-refractivity contribution in [3.05, 3.63) is 29.0 Å². The Morgan fingerprint density at radius 3 is 2.87 bits per heavy atom. The van der Waals surface area contributed by atoms with E-state index >= 15 is 0 Å². The molecule has 4 heterocycles. The summed E-state index contributed by atoms with van der Waals surface area (Å²) in [4.78, 5) is 19.1. The van der Waals surface area contributed by atoms with Gasteiger partial charge in [0.1, 0.15) is 10.8 Å². The Morgan fingerprint density at radius 2 is 2.17 bits per heavy atom. The van der Waals surface area contributed by atoms with E-state index in [4.69, 9.17) is 0 Å². The van der Waals surface area contributed by atoms with Crippen molar-refractivity contribution in [2.45, 2.75) is 25.3 Å². The van der Waals surface area contributed by atoms with Crippen LogP contribution in [0.1, 0.15) is 17.8 Å². The molecule has 2 aromatic rings. The fraction of sp³-hybridized carbons (Fsp3) is 0.500. The van der Waals surface area contributed by atoms with E-state index in [9.17, 15) is 9.18 Å². The normalized spacial score (nSPS) is 26.0. The Labute approximate surface area is 144 Å². The lowest BCUT2D eigenvalue weighted by molar-refractivity contribution is -0.122. The van der Waals surface area contributed by atoms with Crippen LogP contribution in [-0.2, 0) is 11.2 Å². The molecule has 1 aromatic heterocycles. The van der Waals surface area contributed by atoms with Crippen LogP contribution in [0.15, 0.2) is 18.2 Å². The molecule has 3 fully saturated rings. The number of thiazole rings is 1. The topological polar surface area (TPSA) is 45.2 Å². The molecule has 3 saturated heterocycles. The van der Waals surface area contributed by atoms with Crippen molar-refractivity contribution in [1.29, 1.82) is 0 Å². The molecule has 23 heavy (non-hydrogen) atoms. The van der Waals surface area contributed by atoms with E-state index in [2.05, 4.69) is 15.2 Å². The van der Waals surface area contributed by atoms with Gasteiger partial charge in [0.05, 0.1) is 16.6 Å². The molecule has 0 radical (unpaired) electrons. The number of carbonyl (C=O) groups excluding carboxylic acids is 1. The summed E-state index contributed by atoms with van der Waals surface area (Å²) in [5.74, 6) is 0.385. The second-order valence-corrected chi connectivity index (χ2v) is 7.32. The number of nitrogens with zero attached hydrogens (tertiary/aromatic N) is 2. The van der Waals surface area contributed by atoms with E-state index in [0.29, 0.717) is 5.92 Å². The molecule has 7 heteroatoms. The standard InChI is InChI=1S/C16H18FN3OS.ClH/c17-11-1-2-12-14(7-11)22-16(19-12)8-15(21)18-13-9-20-5-3-10(13)4-6-20;/h1-2,7,10,13H,3-6,8-9H2,(H,18,21);1H/t13-;/m0./s1. The van der Waals surface area contributed by atoms with Gasteiger partial charge in [-0.25, -0.2) is 9.37 Å². The average Bonchev–Trinajstić information content (AvgIpc) is 2.89. The Bertz CT molecular complexity index is 714. The summed E-state index contributed by atoms with van der Waals surface area (Å²) in [6.07, 6.45) is 2.65. The largest absolute Gasteiger partial charge is 0.351 e. The van der Waals surface area contributed by atoms with Crippen LogP contribution in [-0.4, -0.2) is 41.5 Å². The van der Waals surface area contributed by atoms with E-state index in [1.165, 1.54) is 49.4 Å². The van der Waals surface area contributed by atoms with Crippen LogP contribution in [0.25, 0.3) is 10.2 Å². The zero-order chi connectivity index (χ0) is 15.1. The fourth-order valence-electron chi connectivity index (χ4n) is 3.55. The lowest BCUT2D eigenvalue weighted by atomic mass is 9.84. The summed E-state index contributed by atoms with van der Waals surface area (Å²) in [6, 6.07) is 4.82. The maximum absolute atomic E-state index is 13.2. The number of fused-ring (bicyclic) bond motifs is 4. The van der Waals surface area contributed by atoms with Crippen molar-refractivity contribution in [2.24, 2.45) is 5.92 Å². The van der Waals surface area contributed by atoms with Gasteiger partial charge in [-0.2, -0.15) is 0 Å². The number of rotatable bonds is 3. The molecule has 3 aliphatic rings. The van der Waals surface area contributed by atoms with Crippen LogP contribution >= 0.6 is 23.7 Å². The van der Waals surface area contributed by atoms with E-state index < -0.39 is 0 Å². The first kappa shape index (κ1) is 16.6. The molecule has 1 atom stereocenters. The van der Waals surface area contributed by atoms with Crippen LogP contribution < -0.4 is 5.32 Å². The lowest BCUT2D eigenvalue weighted by Gasteiger charge is -2.44. The van der Waals surface area contributed by atoms with Gasteiger partial charge in [-0.05, 0) is 50.0 Å². The number of halogens is 2. The third kappa shape index (κ3) is 3.49. The minimum atomic E-state index is -0.264. The molecule has 124 valence electrons. The Hall–Kier alpha value is -1.24. The van der Waals surface area contributed by atoms with Gasteiger partial charge in [0.25, 0.3) is 0 Å². The quantitative estimate of drug-likeness (QED) is 0.920. The third-order valence-corrected chi connectivity index (χ3v) is 5.73. The third-order valence-electron chi connectivity index (χ3n) is 4.71. The van der Waals surface area contributed by atoms with Gasteiger partial charge in [0, 0.05) is 12.6 Å². The summed E-state index contributed by atoms with van der Waals surface area (Å²) in [5.41, 5.74) is 0.761.